The minimum absolute atomic E-state index is 0.130. The van der Waals surface area contributed by atoms with Crippen LogP contribution in [0, 0.1) is 0 Å². The van der Waals surface area contributed by atoms with Gasteiger partial charge < -0.3 is 15.3 Å². The van der Waals surface area contributed by atoms with Crippen LogP contribution in [0.2, 0.25) is 0 Å². The number of hydrogen-bond acceptors (Lipinski definition) is 3. The van der Waals surface area contributed by atoms with E-state index in [-0.39, 0.29) is 18.1 Å². The molecule has 0 heterocycles. The van der Waals surface area contributed by atoms with Crippen LogP contribution in [-0.2, 0) is 4.79 Å². The predicted octanol–water partition coefficient (Wildman–Crippen LogP) is 0.358. The SMILES string of the molecule is CN(C)CCC(=O)NC1CCC(O)CC1. The smallest absolute Gasteiger partial charge is 0.221 e. The first-order valence-corrected chi connectivity index (χ1v) is 5.70. The number of rotatable bonds is 4. The zero-order valence-corrected chi connectivity index (χ0v) is 9.70. The highest BCUT2D eigenvalue weighted by molar-refractivity contribution is 5.76. The third-order valence-corrected chi connectivity index (χ3v) is 2.85. The van der Waals surface area contributed by atoms with Gasteiger partial charge in [-0.15, -0.1) is 0 Å². The highest BCUT2D eigenvalue weighted by Gasteiger charge is 2.20. The molecule has 4 nitrogen and oxygen atoms in total. The van der Waals surface area contributed by atoms with Crippen LogP contribution in [0.3, 0.4) is 0 Å². The van der Waals surface area contributed by atoms with Crippen molar-refractivity contribution in [3.8, 4) is 0 Å². The van der Waals surface area contributed by atoms with Gasteiger partial charge in [-0.25, -0.2) is 0 Å². The lowest BCUT2D eigenvalue weighted by Crippen LogP contribution is -2.39. The maximum atomic E-state index is 11.5. The van der Waals surface area contributed by atoms with E-state index >= 15 is 0 Å². The normalized spacial score (nSPS) is 26.7. The van der Waals surface area contributed by atoms with Crippen LogP contribution in [0.5, 0.6) is 0 Å². The van der Waals surface area contributed by atoms with Crippen molar-refractivity contribution in [3.05, 3.63) is 0 Å². The Kier molecular flexibility index (Phi) is 5.05. The Balaban J connectivity index is 2.15. The van der Waals surface area contributed by atoms with E-state index in [9.17, 15) is 9.90 Å². The Morgan fingerprint density at radius 2 is 1.93 bits per heavy atom. The number of hydrogen-bond donors (Lipinski definition) is 2. The van der Waals surface area contributed by atoms with Crippen LogP contribution in [0.1, 0.15) is 32.1 Å². The van der Waals surface area contributed by atoms with Gasteiger partial charge in [0, 0.05) is 19.0 Å². The molecule has 0 bridgehead atoms. The number of nitrogens with zero attached hydrogens (tertiary/aromatic N) is 1. The van der Waals surface area contributed by atoms with Gasteiger partial charge in [-0.3, -0.25) is 4.79 Å². The van der Waals surface area contributed by atoms with Crippen LogP contribution in [-0.4, -0.2) is 48.7 Å². The summed E-state index contributed by atoms with van der Waals surface area (Å²) in [5, 5.41) is 12.3. The number of amides is 1. The highest BCUT2D eigenvalue weighted by Crippen LogP contribution is 2.18. The monoisotopic (exact) mass is 214 g/mol. The van der Waals surface area contributed by atoms with E-state index in [1.165, 1.54) is 0 Å². The molecule has 1 saturated carbocycles. The van der Waals surface area contributed by atoms with E-state index in [0.29, 0.717) is 6.42 Å². The first-order chi connectivity index (χ1) is 7.08. The van der Waals surface area contributed by atoms with E-state index in [0.717, 1.165) is 32.2 Å². The van der Waals surface area contributed by atoms with Gasteiger partial charge in [0.05, 0.1) is 6.10 Å². The van der Waals surface area contributed by atoms with E-state index in [4.69, 9.17) is 0 Å². The Labute approximate surface area is 91.6 Å². The molecule has 0 unspecified atom stereocenters. The predicted molar refractivity (Wildman–Crippen MR) is 59.6 cm³/mol. The summed E-state index contributed by atoms with van der Waals surface area (Å²) in [6.07, 6.45) is 3.87. The zero-order valence-electron chi connectivity index (χ0n) is 9.70. The van der Waals surface area contributed by atoms with Crippen molar-refractivity contribution in [2.45, 2.75) is 44.2 Å². The molecule has 0 aromatic heterocycles. The molecular formula is C11H22N2O2. The van der Waals surface area contributed by atoms with Crippen LogP contribution in [0.25, 0.3) is 0 Å². The van der Waals surface area contributed by atoms with E-state index < -0.39 is 0 Å². The molecule has 0 saturated heterocycles. The quantitative estimate of drug-likeness (QED) is 0.710. The lowest BCUT2D eigenvalue weighted by molar-refractivity contribution is -0.122. The van der Waals surface area contributed by atoms with Crippen molar-refractivity contribution in [3.63, 3.8) is 0 Å². The summed E-state index contributed by atoms with van der Waals surface area (Å²) in [7, 11) is 3.93. The molecule has 1 rings (SSSR count). The summed E-state index contributed by atoms with van der Waals surface area (Å²) in [5.41, 5.74) is 0. The standard InChI is InChI=1S/C11H22N2O2/c1-13(2)8-7-11(15)12-9-3-5-10(14)6-4-9/h9-10,14H,3-8H2,1-2H3,(H,12,15). The van der Waals surface area contributed by atoms with Gasteiger partial charge in [0.15, 0.2) is 0 Å². The minimum atomic E-state index is -0.153. The Morgan fingerprint density at radius 1 is 1.33 bits per heavy atom. The summed E-state index contributed by atoms with van der Waals surface area (Å²) in [6, 6.07) is 0.281. The molecule has 1 aliphatic carbocycles. The second-order valence-corrected chi connectivity index (χ2v) is 4.63. The summed E-state index contributed by atoms with van der Waals surface area (Å²) in [4.78, 5) is 13.5. The fraction of sp³-hybridized carbons (Fsp3) is 0.909. The second kappa shape index (κ2) is 6.08. The molecule has 1 aliphatic rings. The third kappa shape index (κ3) is 5.14. The molecule has 88 valence electrons. The average Bonchev–Trinajstić information content (AvgIpc) is 2.19. The number of aliphatic hydroxyl groups excluding tert-OH is 1. The van der Waals surface area contributed by atoms with Crippen molar-refractivity contribution < 1.29 is 9.90 Å². The fourth-order valence-electron chi connectivity index (χ4n) is 1.85. The number of carbonyl (C=O) groups excluding carboxylic acids is 1. The Hall–Kier alpha value is -0.610. The first-order valence-electron chi connectivity index (χ1n) is 5.70. The molecule has 0 spiro atoms. The lowest BCUT2D eigenvalue weighted by Gasteiger charge is -2.26. The van der Waals surface area contributed by atoms with Gasteiger partial charge in [0.1, 0.15) is 0 Å². The van der Waals surface area contributed by atoms with E-state index in [1.807, 2.05) is 19.0 Å². The number of carbonyl (C=O) groups is 1. The molecule has 1 fully saturated rings. The van der Waals surface area contributed by atoms with Crippen LogP contribution >= 0.6 is 0 Å². The van der Waals surface area contributed by atoms with Crippen molar-refractivity contribution in [1.82, 2.24) is 10.2 Å². The van der Waals surface area contributed by atoms with Crippen molar-refractivity contribution >= 4 is 5.91 Å². The maximum Gasteiger partial charge on any atom is 0.221 e. The minimum Gasteiger partial charge on any atom is -0.393 e. The molecule has 0 radical (unpaired) electrons. The van der Waals surface area contributed by atoms with Crippen molar-refractivity contribution in [2.24, 2.45) is 0 Å². The van der Waals surface area contributed by atoms with Crippen LogP contribution < -0.4 is 5.32 Å². The van der Waals surface area contributed by atoms with Gasteiger partial charge in [-0.1, -0.05) is 0 Å². The zero-order chi connectivity index (χ0) is 11.3. The molecule has 4 heteroatoms. The average molecular weight is 214 g/mol. The van der Waals surface area contributed by atoms with Gasteiger partial charge in [0.25, 0.3) is 0 Å². The maximum absolute atomic E-state index is 11.5. The molecule has 0 aromatic carbocycles. The fourth-order valence-corrected chi connectivity index (χ4v) is 1.85. The summed E-state index contributed by atoms with van der Waals surface area (Å²) in [5.74, 6) is 0.130. The molecule has 0 aromatic rings. The molecule has 2 N–H and O–H groups in total. The highest BCUT2D eigenvalue weighted by atomic mass is 16.3. The topological polar surface area (TPSA) is 52.6 Å². The van der Waals surface area contributed by atoms with Gasteiger partial charge in [-0.05, 0) is 39.8 Å². The van der Waals surface area contributed by atoms with E-state index in [1.54, 1.807) is 0 Å². The Bertz CT molecular complexity index is 199. The van der Waals surface area contributed by atoms with E-state index in [2.05, 4.69) is 5.32 Å². The van der Waals surface area contributed by atoms with Crippen LogP contribution in [0.4, 0.5) is 0 Å². The summed E-state index contributed by atoms with van der Waals surface area (Å²) >= 11 is 0. The molecular weight excluding hydrogens is 192 g/mol. The number of nitrogens with one attached hydrogen (secondary N) is 1. The summed E-state index contributed by atoms with van der Waals surface area (Å²) < 4.78 is 0. The molecule has 1 amide bonds. The second-order valence-electron chi connectivity index (χ2n) is 4.63. The molecule has 15 heavy (non-hydrogen) atoms. The Morgan fingerprint density at radius 3 is 2.47 bits per heavy atom. The molecule has 0 atom stereocenters. The van der Waals surface area contributed by atoms with Crippen molar-refractivity contribution in [2.75, 3.05) is 20.6 Å². The number of aliphatic hydroxyl groups is 1. The van der Waals surface area contributed by atoms with Gasteiger partial charge >= 0.3 is 0 Å². The van der Waals surface area contributed by atoms with Crippen molar-refractivity contribution in [1.29, 1.82) is 0 Å². The molecule has 0 aliphatic heterocycles. The lowest BCUT2D eigenvalue weighted by atomic mass is 9.93. The van der Waals surface area contributed by atoms with Gasteiger partial charge in [-0.2, -0.15) is 0 Å². The first kappa shape index (κ1) is 12.5. The third-order valence-electron chi connectivity index (χ3n) is 2.85. The largest absolute Gasteiger partial charge is 0.393 e. The summed E-state index contributed by atoms with van der Waals surface area (Å²) in [6.45, 7) is 0.793. The van der Waals surface area contributed by atoms with Gasteiger partial charge in [0.2, 0.25) is 5.91 Å². The van der Waals surface area contributed by atoms with Crippen LogP contribution in [0.15, 0.2) is 0 Å².